The van der Waals surface area contributed by atoms with Crippen molar-refractivity contribution in [3.63, 3.8) is 0 Å². The Balaban J connectivity index is 1.84. The van der Waals surface area contributed by atoms with Crippen LogP contribution in [0.3, 0.4) is 0 Å². The van der Waals surface area contributed by atoms with Crippen LogP contribution in [0.15, 0.2) is 70.2 Å². The number of aliphatic hydroxyl groups is 1. The van der Waals surface area contributed by atoms with E-state index in [0.717, 1.165) is 12.0 Å². The summed E-state index contributed by atoms with van der Waals surface area (Å²) in [6.07, 6.45) is 2.40. The molecular weight excluding hydrogens is 446 g/mol. The number of carbonyl (C=O) groups excluding carboxylic acids is 2. The first-order valence-corrected chi connectivity index (χ1v) is 11.1. The van der Waals surface area contributed by atoms with Crippen molar-refractivity contribution < 1.29 is 23.8 Å². The molecule has 4 aromatic rings. The molecule has 2 N–H and O–H groups in total. The van der Waals surface area contributed by atoms with Crippen LogP contribution in [-0.2, 0) is 17.8 Å². The Kier molecular flexibility index (Phi) is 7.03. The van der Waals surface area contributed by atoms with Gasteiger partial charge < -0.3 is 19.6 Å². The van der Waals surface area contributed by atoms with Crippen LogP contribution >= 0.6 is 0 Å². The predicted molar refractivity (Wildman–Crippen MR) is 131 cm³/mol. The molecule has 8 nitrogen and oxygen atoms in total. The standard InChI is InChI=1S/C27H25N3O5/c1-4-17-6-5-7-21(12-17)30-26-23(13-22-19(15-31)14-28-16(2)24(22)35-26)25(32)29-20-10-8-18(9-11-20)27(33)34-3/h5-14,31H,4,15H2,1-3H3,(H,29,32). The number of hydrogen-bond acceptors (Lipinski definition) is 7. The normalized spacial score (nSPS) is 11.5. The molecule has 8 heteroatoms. The molecule has 0 unspecified atom stereocenters. The van der Waals surface area contributed by atoms with E-state index in [2.05, 4.69) is 22.2 Å². The second-order valence-electron chi connectivity index (χ2n) is 7.89. The number of aryl methyl sites for hydroxylation is 2. The van der Waals surface area contributed by atoms with Crippen molar-refractivity contribution in [1.82, 2.24) is 4.98 Å². The van der Waals surface area contributed by atoms with E-state index in [1.54, 1.807) is 43.5 Å². The fourth-order valence-electron chi connectivity index (χ4n) is 3.63. The van der Waals surface area contributed by atoms with E-state index < -0.39 is 11.9 Å². The van der Waals surface area contributed by atoms with Crippen molar-refractivity contribution in [2.45, 2.75) is 26.9 Å². The third-order valence-electron chi connectivity index (χ3n) is 5.58. The smallest absolute Gasteiger partial charge is 0.337 e. The van der Waals surface area contributed by atoms with Crippen LogP contribution in [0.1, 0.15) is 44.5 Å². The molecule has 1 amide bonds. The number of anilines is 1. The highest BCUT2D eigenvalue weighted by Crippen LogP contribution is 2.22. The first kappa shape index (κ1) is 23.8. The van der Waals surface area contributed by atoms with Gasteiger partial charge in [-0.05, 0) is 61.4 Å². The van der Waals surface area contributed by atoms with E-state index in [9.17, 15) is 14.7 Å². The lowest BCUT2D eigenvalue weighted by Gasteiger charge is -2.10. The maximum atomic E-state index is 13.4. The molecule has 0 saturated heterocycles. The number of carbonyl (C=O) groups is 2. The lowest BCUT2D eigenvalue weighted by Crippen LogP contribution is -2.22. The number of aliphatic hydroxyl groups excluding tert-OH is 1. The molecule has 35 heavy (non-hydrogen) atoms. The van der Waals surface area contributed by atoms with Crippen LogP contribution < -0.4 is 10.9 Å². The predicted octanol–water partition coefficient (Wildman–Crippen LogP) is 4.46. The quantitative estimate of drug-likeness (QED) is 0.401. The van der Waals surface area contributed by atoms with Gasteiger partial charge in [-0.3, -0.25) is 9.78 Å². The number of aromatic nitrogens is 1. The first-order chi connectivity index (χ1) is 16.9. The Morgan fingerprint density at radius 3 is 2.60 bits per heavy atom. The third-order valence-corrected chi connectivity index (χ3v) is 5.58. The molecule has 0 saturated carbocycles. The number of hydrogen-bond donors (Lipinski definition) is 2. The van der Waals surface area contributed by atoms with Crippen LogP contribution in [0.25, 0.3) is 11.0 Å². The van der Waals surface area contributed by atoms with Gasteiger partial charge in [0.15, 0.2) is 5.58 Å². The lowest BCUT2D eigenvalue weighted by atomic mass is 10.1. The number of benzene rings is 2. The molecule has 2 heterocycles. The number of amides is 1. The summed E-state index contributed by atoms with van der Waals surface area (Å²) in [6, 6.07) is 15.7. The molecule has 2 aromatic carbocycles. The molecule has 0 aliphatic rings. The summed E-state index contributed by atoms with van der Waals surface area (Å²) in [5.74, 6) is -0.919. The van der Waals surface area contributed by atoms with Crippen molar-refractivity contribution in [3.8, 4) is 0 Å². The van der Waals surface area contributed by atoms with Gasteiger partial charge in [-0.15, -0.1) is 0 Å². The van der Waals surface area contributed by atoms with Crippen LogP contribution in [0.4, 0.5) is 11.4 Å². The minimum Gasteiger partial charge on any atom is -0.465 e. The van der Waals surface area contributed by atoms with Gasteiger partial charge >= 0.3 is 5.97 Å². The van der Waals surface area contributed by atoms with E-state index in [1.807, 2.05) is 24.3 Å². The van der Waals surface area contributed by atoms with Crippen molar-refractivity contribution >= 4 is 34.2 Å². The van der Waals surface area contributed by atoms with Crippen LogP contribution in [0, 0.1) is 6.92 Å². The van der Waals surface area contributed by atoms with E-state index in [4.69, 9.17) is 9.15 Å². The van der Waals surface area contributed by atoms with Gasteiger partial charge in [0.25, 0.3) is 5.91 Å². The molecule has 178 valence electrons. The summed E-state index contributed by atoms with van der Waals surface area (Å²) >= 11 is 0. The Labute approximate surface area is 201 Å². The van der Waals surface area contributed by atoms with E-state index in [0.29, 0.717) is 39.2 Å². The second-order valence-corrected chi connectivity index (χ2v) is 7.89. The summed E-state index contributed by atoms with van der Waals surface area (Å²) in [7, 11) is 1.31. The highest BCUT2D eigenvalue weighted by Gasteiger charge is 2.17. The number of ether oxygens (including phenoxy) is 1. The number of nitrogens with one attached hydrogen (secondary N) is 1. The maximum absolute atomic E-state index is 13.4. The highest BCUT2D eigenvalue weighted by molar-refractivity contribution is 6.06. The number of rotatable bonds is 6. The summed E-state index contributed by atoms with van der Waals surface area (Å²) in [5.41, 5.74) is 4.50. The zero-order valence-electron chi connectivity index (χ0n) is 19.7. The largest absolute Gasteiger partial charge is 0.465 e. The van der Waals surface area contributed by atoms with E-state index in [1.165, 1.54) is 7.11 Å². The summed E-state index contributed by atoms with van der Waals surface area (Å²) in [5, 5.41) is 13.2. The fourth-order valence-corrected chi connectivity index (χ4v) is 3.63. The summed E-state index contributed by atoms with van der Waals surface area (Å²) in [6.45, 7) is 3.58. The van der Waals surface area contributed by atoms with Gasteiger partial charge in [0.2, 0.25) is 5.55 Å². The average molecular weight is 472 g/mol. The highest BCUT2D eigenvalue weighted by atomic mass is 16.5. The molecule has 0 aliphatic heterocycles. The van der Waals surface area contributed by atoms with Crippen LogP contribution in [0.5, 0.6) is 0 Å². The van der Waals surface area contributed by atoms with Crippen molar-refractivity contribution in [2.75, 3.05) is 12.4 Å². The maximum Gasteiger partial charge on any atom is 0.337 e. The summed E-state index contributed by atoms with van der Waals surface area (Å²) in [4.78, 5) is 34.0. The van der Waals surface area contributed by atoms with Gasteiger partial charge in [-0.25, -0.2) is 9.79 Å². The second kappa shape index (κ2) is 10.3. The molecule has 0 fully saturated rings. The van der Waals surface area contributed by atoms with Crippen molar-refractivity contribution in [3.05, 3.63) is 94.3 Å². The Morgan fingerprint density at radius 2 is 1.91 bits per heavy atom. The number of pyridine rings is 1. The van der Waals surface area contributed by atoms with Crippen LogP contribution in [0.2, 0.25) is 0 Å². The SMILES string of the molecule is CCc1cccc(N=c2oc3c(C)ncc(CO)c3cc2C(=O)Nc2ccc(C(=O)OC)cc2)c1. The average Bonchev–Trinajstić information content (AvgIpc) is 2.89. The van der Waals surface area contributed by atoms with E-state index >= 15 is 0 Å². The van der Waals surface area contributed by atoms with Crippen LogP contribution in [-0.4, -0.2) is 29.1 Å². The minimum atomic E-state index is -0.466. The van der Waals surface area contributed by atoms with E-state index in [-0.39, 0.29) is 17.7 Å². The Morgan fingerprint density at radius 1 is 1.14 bits per heavy atom. The third kappa shape index (κ3) is 5.12. The van der Waals surface area contributed by atoms with Gasteiger partial charge in [0.1, 0.15) is 5.56 Å². The van der Waals surface area contributed by atoms with Crippen molar-refractivity contribution in [2.24, 2.45) is 4.99 Å². The molecule has 4 rings (SSSR count). The number of esters is 1. The lowest BCUT2D eigenvalue weighted by molar-refractivity contribution is 0.0600. The molecule has 0 radical (unpaired) electrons. The number of nitrogens with zero attached hydrogens (tertiary/aromatic N) is 2. The molecule has 0 aliphatic carbocycles. The molecule has 0 atom stereocenters. The molecule has 0 spiro atoms. The zero-order chi connectivity index (χ0) is 24.9. The monoisotopic (exact) mass is 471 g/mol. The van der Waals surface area contributed by atoms with Gasteiger partial charge in [0, 0.05) is 22.8 Å². The van der Waals surface area contributed by atoms with Gasteiger partial charge in [0.05, 0.1) is 30.7 Å². The molecular formula is C27H25N3O5. The Bertz CT molecular complexity index is 1470. The number of methoxy groups -OCH3 is 1. The van der Waals surface area contributed by atoms with Crippen molar-refractivity contribution in [1.29, 1.82) is 0 Å². The zero-order valence-corrected chi connectivity index (χ0v) is 19.7. The van der Waals surface area contributed by atoms with Gasteiger partial charge in [-0.2, -0.15) is 0 Å². The molecule has 0 bridgehead atoms. The topological polar surface area (TPSA) is 114 Å². The fraction of sp³-hybridized carbons (Fsp3) is 0.185. The first-order valence-electron chi connectivity index (χ1n) is 11.1. The molecule has 2 aromatic heterocycles. The minimum absolute atomic E-state index is 0.120. The summed E-state index contributed by atoms with van der Waals surface area (Å²) < 4.78 is 10.8. The Hall–Kier alpha value is -4.30. The van der Waals surface area contributed by atoms with Gasteiger partial charge in [-0.1, -0.05) is 19.1 Å². The number of fused-ring (bicyclic) bond motifs is 1.